The van der Waals surface area contributed by atoms with Gasteiger partial charge in [-0.3, -0.25) is 4.79 Å². The molecular weight excluding hydrogens is 296 g/mol. The lowest BCUT2D eigenvalue weighted by molar-refractivity contribution is -0.117. The van der Waals surface area contributed by atoms with Crippen molar-refractivity contribution in [1.82, 2.24) is 0 Å². The molecule has 0 unspecified atom stereocenters. The molecule has 1 heterocycles. The zero-order valence-corrected chi connectivity index (χ0v) is 14.6. The number of anilines is 2. The Labute approximate surface area is 144 Å². The standard InChI is InChI=1S/C21H26N2O/c1-3-16-10-7-11-17(4-2)21(16)22-15-20(24)23-14-8-12-18-9-5-6-13-19(18)23/h5-7,9-11,13,22H,3-4,8,12,14-15H2,1-2H3. The minimum Gasteiger partial charge on any atom is -0.376 e. The van der Waals surface area contributed by atoms with Crippen LogP contribution in [0, 0.1) is 0 Å². The van der Waals surface area contributed by atoms with Crippen molar-refractivity contribution in [3.63, 3.8) is 0 Å². The summed E-state index contributed by atoms with van der Waals surface area (Å²) in [6, 6.07) is 14.6. The molecule has 0 radical (unpaired) electrons. The number of hydrogen-bond donors (Lipinski definition) is 1. The Kier molecular flexibility index (Phi) is 5.19. The Morgan fingerprint density at radius 1 is 1.04 bits per heavy atom. The second kappa shape index (κ2) is 7.52. The molecule has 2 aromatic rings. The Morgan fingerprint density at radius 3 is 2.46 bits per heavy atom. The lowest BCUT2D eigenvalue weighted by atomic mass is 10.0. The highest BCUT2D eigenvalue weighted by Gasteiger charge is 2.22. The molecule has 0 saturated heterocycles. The summed E-state index contributed by atoms with van der Waals surface area (Å²) in [5.41, 5.74) is 6.05. The predicted octanol–water partition coefficient (Wildman–Crippen LogP) is 4.20. The SMILES string of the molecule is CCc1cccc(CC)c1NCC(=O)N1CCCc2ccccc21. The molecule has 0 atom stereocenters. The molecule has 0 aromatic heterocycles. The Balaban J connectivity index is 1.76. The maximum Gasteiger partial charge on any atom is 0.246 e. The van der Waals surface area contributed by atoms with Gasteiger partial charge in [0.2, 0.25) is 5.91 Å². The third-order valence-corrected chi connectivity index (χ3v) is 4.83. The van der Waals surface area contributed by atoms with Crippen molar-refractivity contribution in [2.24, 2.45) is 0 Å². The second-order valence-electron chi connectivity index (χ2n) is 6.29. The lowest BCUT2D eigenvalue weighted by Gasteiger charge is -2.30. The quantitative estimate of drug-likeness (QED) is 0.894. The molecule has 2 aromatic carbocycles. The van der Waals surface area contributed by atoms with Gasteiger partial charge in [0, 0.05) is 17.9 Å². The predicted molar refractivity (Wildman–Crippen MR) is 101 cm³/mol. The van der Waals surface area contributed by atoms with Gasteiger partial charge >= 0.3 is 0 Å². The van der Waals surface area contributed by atoms with E-state index in [2.05, 4.69) is 55.6 Å². The normalized spacial score (nSPS) is 13.5. The van der Waals surface area contributed by atoms with Crippen molar-refractivity contribution in [2.75, 3.05) is 23.3 Å². The Hall–Kier alpha value is -2.29. The molecule has 0 bridgehead atoms. The van der Waals surface area contributed by atoms with E-state index in [-0.39, 0.29) is 5.91 Å². The number of nitrogens with one attached hydrogen (secondary N) is 1. The summed E-state index contributed by atoms with van der Waals surface area (Å²) in [4.78, 5) is 14.7. The van der Waals surface area contributed by atoms with E-state index in [1.165, 1.54) is 16.7 Å². The van der Waals surface area contributed by atoms with Gasteiger partial charge in [-0.15, -0.1) is 0 Å². The Morgan fingerprint density at radius 2 is 1.75 bits per heavy atom. The molecular formula is C21H26N2O. The fourth-order valence-corrected chi connectivity index (χ4v) is 3.52. The van der Waals surface area contributed by atoms with Crippen molar-refractivity contribution in [1.29, 1.82) is 0 Å². The van der Waals surface area contributed by atoms with E-state index in [1.807, 2.05) is 11.0 Å². The maximum atomic E-state index is 12.8. The van der Waals surface area contributed by atoms with E-state index in [0.29, 0.717) is 6.54 Å². The molecule has 0 spiro atoms. The van der Waals surface area contributed by atoms with E-state index < -0.39 is 0 Å². The summed E-state index contributed by atoms with van der Waals surface area (Å²) < 4.78 is 0. The summed E-state index contributed by atoms with van der Waals surface area (Å²) in [6.45, 7) is 5.47. The zero-order valence-electron chi connectivity index (χ0n) is 14.6. The average Bonchev–Trinajstić information content (AvgIpc) is 2.65. The first-order valence-corrected chi connectivity index (χ1v) is 8.97. The summed E-state index contributed by atoms with van der Waals surface area (Å²) in [7, 11) is 0. The first kappa shape index (κ1) is 16.6. The van der Waals surface area contributed by atoms with Crippen LogP contribution in [0.4, 0.5) is 11.4 Å². The number of fused-ring (bicyclic) bond motifs is 1. The zero-order chi connectivity index (χ0) is 16.9. The molecule has 1 aliphatic rings. The topological polar surface area (TPSA) is 32.3 Å². The summed E-state index contributed by atoms with van der Waals surface area (Å²) >= 11 is 0. The molecule has 0 fully saturated rings. The summed E-state index contributed by atoms with van der Waals surface area (Å²) in [6.07, 6.45) is 4.04. The monoisotopic (exact) mass is 322 g/mol. The number of rotatable bonds is 5. The third-order valence-electron chi connectivity index (χ3n) is 4.83. The van der Waals surface area contributed by atoms with Gasteiger partial charge in [-0.2, -0.15) is 0 Å². The van der Waals surface area contributed by atoms with Crippen LogP contribution >= 0.6 is 0 Å². The Bertz CT molecular complexity index is 701. The van der Waals surface area contributed by atoms with Crippen LogP contribution in [0.1, 0.15) is 37.0 Å². The molecule has 3 rings (SSSR count). The van der Waals surface area contributed by atoms with Crippen molar-refractivity contribution in [3.8, 4) is 0 Å². The van der Waals surface area contributed by atoms with Crippen LogP contribution < -0.4 is 10.2 Å². The maximum absolute atomic E-state index is 12.8. The number of nitrogens with zero attached hydrogens (tertiary/aromatic N) is 1. The van der Waals surface area contributed by atoms with Crippen LogP contribution in [0.5, 0.6) is 0 Å². The van der Waals surface area contributed by atoms with E-state index in [0.717, 1.165) is 43.6 Å². The minimum absolute atomic E-state index is 0.148. The highest BCUT2D eigenvalue weighted by Crippen LogP contribution is 2.27. The van der Waals surface area contributed by atoms with Gasteiger partial charge in [-0.1, -0.05) is 50.2 Å². The first-order chi connectivity index (χ1) is 11.7. The highest BCUT2D eigenvalue weighted by atomic mass is 16.2. The van der Waals surface area contributed by atoms with Crippen molar-refractivity contribution in [2.45, 2.75) is 39.5 Å². The highest BCUT2D eigenvalue weighted by molar-refractivity contribution is 5.97. The van der Waals surface area contributed by atoms with Crippen LogP contribution in [0.2, 0.25) is 0 Å². The number of hydrogen-bond acceptors (Lipinski definition) is 2. The third kappa shape index (κ3) is 3.30. The molecule has 24 heavy (non-hydrogen) atoms. The smallest absolute Gasteiger partial charge is 0.246 e. The molecule has 0 saturated carbocycles. The van der Waals surface area contributed by atoms with E-state index in [4.69, 9.17) is 0 Å². The van der Waals surface area contributed by atoms with Gasteiger partial charge in [0.25, 0.3) is 0 Å². The van der Waals surface area contributed by atoms with Crippen molar-refractivity contribution in [3.05, 3.63) is 59.2 Å². The molecule has 3 heteroatoms. The minimum atomic E-state index is 0.148. The number of aryl methyl sites for hydroxylation is 3. The summed E-state index contributed by atoms with van der Waals surface area (Å²) in [5, 5.41) is 3.42. The van der Waals surface area contributed by atoms with Gasteiger partial charge in [0.05, 0.1) is 6.54 Å². The number of benzene rings is 2. The van der Waals surface area contributed by atoms with E-state index in [9.17, 15) is 4.79 Å². The fraction of sp³-hybridized carbons (Fsp3) is 0.381. The van der Waals surface area contributed by atoms with Crippen molar-refractivity contribution >= 4 is 17.3 Å². The van der Waals surface area contributed by atoms with Gasteiger partial charge < -0.3 is 10.2 Å². The fourth-order valence-electron chi connectivity index (χ4n) is 3.52. The number of amides is 1. The molecule has 1 amide bonds. The van der Waals surface area contributed by atoms with Gasteiger partial charge in [0.1, 0.15) is 0 Å². The lowest BCUT2D eigenvalue weighted by Crippen LogP contribution is -2.39. The van der Waals surface area contributed by atoms with Crippen molar-refractivity contribution < 1.29 is 4.79 Å². The first-order valence-electron chi connectivity index (χ1n) is 8.97. The molecule has 3 nitrogen and oxygen atoms in total. The molecule has 1 aliphatic heterocycles. The van der Waals surface area contributed by atoms with E-state index >= 15 is 0 Å². The van der Waals surface area contributed by atoms with Gasteiger partial charge in [-0.25, -0.2) is 0 Å². The van der Waals surface area contributed by atoms with Gasteiger partial charge in [-0.05, 0) is 48.4 Å². The summed E-state index contributed by atoms with van der Waals surface area (Å²) in [5.74, 6) is 0.148. The van der Waals surface area contributed by atoms with E-state index in [1.54, 1.807) is 0 Å². The van der Waals surface area contributed by atoms with Gasteiger partial charge in [0.15, 0.2) is 0 Å². The van der Waals surface area contributed by atoms with Crippen LogP contribution in [-0.2, 0) is 24.1 Å². The number of carbonyl (C=O) groups excluding carboxylic acids is 1. The number of para-hydroxylation sites is 2. The van der Waals surface area contributed by atoms with Crippen LogP contribution in [-0.4, -0.2) is 19.0 Å². The second-order valence-corrected chi connectivity index (χ2v) is 6.29. The number of carbonyl (C=O) groups is 1. The molecule has 126 valence electrons. The average molecular weight is 322 g/mol. The van der Waals surface area contributed by atoms with Crippen LogP contribution in [0.25, 0.3) is 0 Å². The van der Waals surface area contributed by atoms with Crippen LogP contribution in [0.15, 0.2) is 42.5 Å². The molecule has 0 aliphatic carbocycles. The van der Waals surface area contributed by atoms with Crippen LogP contribution in [0.3, 0.4) is 0 Å². The largest absolute Gasteiger partial charge is 0.376 e. The molecule has 1 N–H and O–H groups in total.